The van der Waals surface area contributed by atoms with Crippen LogP contribution in [0.25, 0.3) is 0 Å². The van der Waals surface area contributed by atoms with Gasteiger partial charge in [0.25, 0.3) is 0 Å². The van der Waals surface area contributed by atoms with E-state index >= 15 is 0 Å². The number of benzene rings is 1. The average Bonchev–Trinajstić information content (AvgIpc) is 2.53. The summed E-state index contributed by atoms with van der Waals surface area (Å²) in [6.45, 7) is 5.43. The second kappa shape index (κ2) is 5.38. The van der Waals surface area contributed by atoms with Gasteiger partial charge in [-0.05, 0) is 44.5 Å². The van der Waals surface area contributed by atoms with E-state index < -0.39 is 17.3 Å². The van der Waals surface area contributed by atoms with Gasteiger partial charge in [0.15, 0.2) is 11.6 Å². The normalized spacial score (nSPS) is 15.5. The van der Waals surface area contributed by atoms with E-state index in [0.717, 1.165) is 6.07 Å². The van der Waals surface area contributed by atoms with Gasteiger partial charge in [0, 0.05) is 24.4 Å². The van der Waals surface area contributed by atoms with Gasteiger partial charge in [-0.15, -0.1) is 0 Å². The van der Waals surface area contributed by atoms with Crippen LogP contribution in [0.1, 0.15) is 36.2 Å². The molecule has 1 aromatic heterocycles. The molecule has 0 fully saturated rings. The van der Waals surface area contributed by atoms with E-state index in [1.54, 1.807) is 24.9 Å². The minimum absolute atomic E-state index is 0.173. The van der Waals surface area contributed by atoms with Crippen molar-refractivity contribution in [3.63, 3.8) is 0 Å². The summed E-state index contributed by atoms with van der Waals surface area (Å²) in [7, 11) is 1.68. The molecule has 4 nitrogen and oxygen atoms in total. The second-order valence-corrected chi connectivity index (χ2v) is 6.27. The quantitative estimate of drug-likeness (QED) is 0.805. The summed E-state index contributed by atoms with van der Waals surface area (Å²) in [5, 5.41) is 9.02. The van der Waals surface area contributed by atoms with E-state index in [0.29, 0.717) is 28.1 Å². The first kappa shape index (κ1) is 16.1. The highest BCUT2D eigenvalue weighted by atomic mass is 19.2. The largest absolute Gasteiger partial charge is 0.348 e. The Labute approximate surface area is 139 Å². The molecule has 0 bridgehead atoms. The summed E-state index contributed by atoms with van der Waals surface area (Å²) in [4.78, 5) is 10.5. The van der Waals surface area contributed by atoms with Crippen LogP contribution in [-0.4, -0.2) is 23.4 Å². The van der Waals surface area contributed by atoms with Crippen LogP contribution in [0.2, 0.25) is 0 Å². The van der Waals surface area contributed by atoms with Crippen LogP contribution >= 0.6 is 0 Å². The number of halogens is 2. The van der Waals surface area contributed by atoms with Crippen LogP contribution in [0, 0.1) is 29.9 Å². The lowest BCUT2D eigenvalue weighted by Gasteiger charge is -2.40. The van der Waals surface area contributed by atoms with Crippen molar-refractivity contribution in [2.75, 3.05) is 11.9 Å². The van der Waals surface area contributed by atoms with Crippen LogP contribution in [0.4, 0.5) is 14.5 Å². The van der Waals surface area contributed by atoms with Crippen molar-refractivity contribution in [3.8, 4) is 6.07 Å². The number of aliphatic imine (C=N–C) groups is 1. The number of anilines is 1. The van der Waals surface area contributed by atoms with E-state index in [4.69, 9.17) is 10.3 Å². The lowest BCUT2D eigenvalue weighted by Crippen LogP contribution is -2.45. The van der Waals surface area contributed by atoms with Crippen molar-refractivity contribution in [2.45, 2.75) is 26.4 Å². The molecule has 24 heavy (non-hydrogen) atoms. The van der Waals surface area contributed by atoms with E-state index in [1.165, 1.54) is 12.3 Å². The molecular weight excluding hydrogens is 310 g/mol. The molecule has 0 unspecified atom stereocenters. The smallest absolute Gasteiger partial charge is 0.182 e. The van der Waals surface area contributed by atoms with Gasteiger partial charge < -0.3 is 4.90 Å². The molecule has 0 N–H and O–H groups in total. The lowest BCUT2D eigenvalue weighted by atomic mass is 9.95. The Kier molecular flexibility index (Phi) is 3.60. The third-order valence-corrected chi connectivity index (χ3v) is 4.32. The van der Waals surface area contributed by atoms with Crippen molar-refractivity contribution in [1.82, 2.24) is 4.98 Å². The van der Waals surface area contributed by atoms with E-state index in [9.17, 15) is 8.78 Å². The predicted octanol–water partition coefficient (Wildman–Crippen LogP) is 3.56. The van der Waals surface area contributed by atoms with Gasteiger partial charge in [-0.3, -0.25) is 4.99 Å². The third kappa shape index (κ3) is 2.33. The number of fused-ring (bicyclic) bond motifs is 1. The highest BCUT2D eigenvalue weighted by Gasteiger charge is 2.35. The highest BCUT2D eigenvalue weighted by molar-refractivity contribution is 6.17. The molecule has 6 heteroatoms. The first-order chi connectivity index (χ1) is 11.3. The molecule has 1 aromatic carbocycles. The van der Waals surface area contributed by atoms with Crippen LogP contribution < -0.4 is 4.90 Å². The van der Waals surface area contributed by atoms with E-state index in [2.05, 4.69) is 4.98 Å². The third-order valence-electron chi connectivity index (χ3n) is 4.32. The van der Waals surface area contributed by atoms with Crippen molar-refractivity contribution < 1.29 is 8.78 Å². The molecule has 122 valence electrons. The van der Waals surface area contributed by atoms with Crippen molar-refractivity contribution in [2.24, 2.45) is 4.99 Å². The van der Waals surface area contributed by atoms with Gasteiger partial charge in [0.05, 0.1) is 11.4 Å². The summed E-state index contributed by atoms with van der Waals surface area (Å²) in [6.07, 6.45) is 1.54. The highest BCUT2D eigenvalue weighted by Crippen LogP contribution is 2.37. The number of aromatic nitrogens is 1. The van der Waals surface area contributed by atoms with Gasteiger partial charge in [-0.1, -0.05) is 0 Å². The van der Waals surface area contributed by atoms with Gasteiger partial charge in [0.2, 0.25) is 0 Å². The standard InChI is InChI=1S/C18H16F2N4/c1-10-7-11(9-22-14(10)8-21)16-12-5-6-13(19)15(20)17(12)24(4)18(2,3)23-16/h5-7,9H,1-4H3. The Morgan fingerprint density at radius 3 is 2.58 bits per heavy atom. The Bertz CT molecular complexity index is 910. The fourth-order valence-corrected chi connectivity index (χ4v) is 2.78. The van der Waals surface area contributed by atoms with Crippen molar-refractivity contribution in [1.29, 1.82) is 5.26 Å². The number of hydrogen-bond acceptors (Lipinski definition) is 4. The fraction of sp³-hybridized carbons (Fsp3) is 0.278. The Hall–Kier alpha value is -2.81. The number of nitrogens with zero attached hydrogens (tertiary/aromatic N) is 4. The molecule has 1 aliphatic rings. The van der Waals surface area contributed by atoms with E-state index in [1.807, 2.05) is 19.9 Å². The first-order valence-electron chi connectivity index (χ1n) is 7.45. The van der Waals surface area contributed by atoms with E-state index in [-0.39, 0.29) is 5.69 Å². The Morgan fingerprint density at radius 1 is 1.25 bits per heavy atom. The number of pyridine rings is 1. The molecule has 2 heterocycles. The zero-order chi connectivity index (χ0) is 17.6. The molecule has 0 saturated heterocycles. The van der Waals surface area contributed by atoms with Gasteiger partial charge >= 0.3 is 0 Å². The molecular formula is C18H16F2N4. The summed E-state index contributed by atoms with van der Waals surface area (Å²) >= 11 is 0. The monoisotopic (exact) mass is 326 g/mol. The van der Waals surface area contributed by atoms with Crippen LogP contribution in [0.15, 0.2) is 29.4 Å². The minimum atomic E-state index is -0.896. The summed E-state index contributed by atoms with van der Waals surface area (Å²) < 4.78 is 28.2. The van der Waals surface area contributed by atoms with Crippen molar-refractivity contribution in [3.05, 3.63) is 58.4 Å². The number of hydrogen-bond donors (Lipinski definition) is 0. The summed E-state index contributed by atoms with van der Waals surface area (Å²) in [6, 6.07) is 6.42. The molecule has 3 rings (SSSR count). The van der Waals surface area contributed by atoms with Gasteiger partial charge in [0.1, 0.15) is 17.4 Å². The fourth-order valence-electron chi connectivity index (χ4n) is 2.78. The number of rotatable bonds is 1. The number of nitriles is 1. The Morgan fingerprint density at radius 2 is 1.96 bits per heavy atom. The molecule has 0 spiro atoms. The molecule has 0 saturated carbocycles. The topological polar surface area (TPSA) is 52.3 Å². The van der Waals surface area contributed by atoms with Crippen LogP contribution in [0.3, 0.4) is 0 Å². The maximum atomic E-state index is 14.4. The Balaban J connectivity index is 2.28. The van der Waals surface area contributed by atoms with Gasteiger partial charge in [-0.25, -0.2) is 13.8 Å². The predicted molar refractivity (Wildman–Crippen MR) is 88.2 cm³/mol. The molecule has 0 atom stereocenters. The first-order valence-corrected chi connectivity index (χ1v) is 7.45. The number of aryl methyl sites for hydroxylation is 1. The molecule has 2 aromatic rings. The zero-order valence-corrected chi connectivity index (χ0v) is 13.9. The average molecular weight is 326 g/mol. The zero-order valence-electron chi connectivity index (χ0n) is 13.9. The lowest BCUT2D eigenvalue weighted by molar-refractivity contribution is 0.471. The maximum Gasteiger partial charge on any atom is 0.182 e. The summed E-state index contributed by atoms with van der Waals surface area (Å²) in [5.41, 5.74) is 2.16. The molecule has 0 aliphatic carbocycles. The maximum absolute atomic E-state index is 14.4. The van der Waals surface area contributed by atoms with Crippen molar-refractivity contribution >= 4 is 11.4 Å². The van der Waals surface area contributed by atoms with Crippen LogP contribution in [0.5, 0.6) is 0 Å². The second-order valence-electron chi connectivity index (χ2n) is 6.27. The van der Waals surface area contributed by atoms with Crippen LogP contribution in [-0.2, 0) is 0 Å². The summed E-state index contributed by atoms with van der Waals surface area (Å²) in [5.74, 6) is -1.79. The molecule has 1 aliphatic heterocycles. The SMILES string of the molecule is Cc1cc(C2=NC(C)(C)N(C)c3c2ccc(F)c3F)cnc1C#N. The molecule has 0 amide bonds. The molecule has 0 radical (unpaired) electrons. The minimum Gasteiger partial charge on any atom is -0.348 e. The van der Waals surface area contributed by atoms with Gasteiger partial charge in [-0.2, -0.15) is 5.26 Å².